The van der Waals surface area contributed by atoms with Gasteiger partial charge in [0.05, 0.1) is 12.1 Å². The van der Waals surface area contributed by atoms with Crippen LogP contribution < -0.4 is 10.6 Å². The molecule has 0 radical (unpaired) electrons. The summed E-state index contributed by atoms with van der Waals surface area (Å²) in [5, 5.41) is 26.1. The molecule has 186 valence electrons. The summed E-state index contributed by atoms with van der Waals surface area (Å²) >= 11 is 0. The van der Waals surface area contributed by atoms with Crippen LogP contribution in [0.5, 0.6) is 0 Å². The van der Waals surface area contributed by atoms with Crippen LogP contribution >= 0.6 is 0 Å². The third kappa shape index (κ3) is 6.76. The smallest absolute Gasteiger partial charge is 0.404 e. The van der Waals surface area contributed by atoms with Gasteiger partial charge in [-0.2, -0.15) is 0 Å². The molecule has 0 aromatic heterocycles. The van der Waals surface area contributed by atoms with E-state index in [0.717, 1.165) is 50.3 Å². The van der Waals surface area contributed by atoms with E-state index in [9.17, 15) is 23.8 Å². The fraction of sp³-hybridized carbons (Fsp3) is 0.519. The molecule has 1 aliphatic carbocycles. The highest BCUT2D eigenvalue weighted by atomic mass is 19.1. The first-order chi connectivity index (χ1) is 16.0. The Labute approximate surface area is 200 Å². The monoisotopic (exact) mass is 474 g/mol. The molecule has 34 heavy (non-hydrogen) atoms. The van der Waals surface area contributed by atoms with Crippen molar-refractivity contribution in [3.63, 3.8) is 0 Å². The molecule has 1 amide bonds. The van der Waals surface area contributed by atoms with Crippen LogP contribution in [0.25, 0.3) is 0 Å². The van der Waals surface area contributed by atoms with E-state index >= 15 is 0 Å². The first kappa shape index (κ1) is 26.1. The number of aliphatic hydroxyl groups is 1. The highest BCUT2D eigenvalue weighted by Crippen LogP contribution is 2.38. The number of nitrogens with one attached hydrogen (secondary N) is 2. The quantitative estimate of drug-likeness (QED) is 0.421. The molecule has 0 spiro atoms. The van der Waals surface area contributed by atoms with Gasteiger partial charge >= 0.3 is 6.09 Å². The molecule has 2 unspecified atom stereocenters. The molecule has 1 aliphatic rings. The van der Waals surface area contributed by atoms with Gasteiger partial charge in [0.2, 0.25) is 0 Å². The second-order valence-corrected chi connectivity index (χ2v) is 10.5. The first-order valence-electron chi connectivity index (χ1n) is 12.0. The minimum absolute atomic E-state index is 0.00210. The van der Waals surface area contributed by atoms with E-state index in [0.29, 0.717) is 0 Å². The van der Waals surface area contributed by atoms with E-state index < -0.39 is 29.9 Å². The molecule has 5 nitrogen and oxygen atoms in total. The van der Waals surface area contributed by atoms with Gasteiger partial charge in [0.25, 0.3) is 0 Å². The molecule has 2 aromatic rings. The molecule has 2 atom stereocenters. The lowest BCUT2D eigenvalue weighted by molar-refractivity contribution is 0.100. The first-order valence-corrected chi connectivity index (χ1v) is 12.0. The van der Waals surface area contributed by atoms with Gasteiger partial charge in [-0.3, -0.25) is 0 Å². The number of rotatable bonds is 8. The molecule has 0 aliphatic heterocycles. The molecular weight excluding hydrogens is 438 g/mol. The highest BCUT2D eigenvalue weighted by Gasteiger charge is 2.35. The molecule has 3 rings (SSSR count). The predicted molar refractivity (Wildman–Crippen MR) is 129 cm³/mol. The molecular formula is C27H36F2N2O3. The molecule has 4 N–H and O–H groups in total. The molecule has 1 fully saturated rings. The molecule has 1 saturated carbocycles. The molecule has 7 heteroatoms. The number of carbonyl (C=O) groups is 1. The Bertz CT molecular complexity index is 964. The Balaban J connectivity index is 1.80. The van der Waals surface area contributed by atoms with Crippen LogP contribution in [0.15, 0.2) is 42.5 Å². The summed E-state index contributed by atoms with van der Waals surface area (Å²) in [4.78, 5) is 11.4. The van der Waals surface area contributed by atoms with Crippen LogP contribution in [-0.4, -0.2) is 35.0 Å². The Kier molecular flexibility index (Phi) is 8.31. The molecule has 0 heterocycles. The number of aliphatic hydroxyl groups excluding tert-OH is 1. The highest BCUT2D eigenvalue weighted by molar-refractivity contribution is 5.65. The van der Waals surface area contributed by atoms with Crippen molar-refractivity contribution in [2.75, 3.05) is 6.54 Å². The summed E-state index contributed by atoms with van der Waals surface area (Å²) < 4.78 is 27.3. The van der Waals surface area contributed by atoms with Crippen LogP contribution in [0.2, 0.25) is 0 Å². The summed E-state index contributed by atoms with van der Waals surface area (Å²) in [6.07, 6.45) is 2.68. The second kappa shape index (κ2) is 10.8. The zero-order valence-corrected chi connectivity index (χ0v) is 20.2. The average Bonchev–Trinajstić information content (AvgIpc) is 2.76. The van der Waals surface area contributed by atoms with Gasteiger partial charge in [-0.05, 0) is 53.5 Å². The van der Waals surface area contributed by atoms with E-state index in [1.54, 1.807) is 0 Å². The van der Waals surface area contributed by atoms with E-state index in [1.165, 1.54) is 11.1 Å². The fourth-order valence-electron chi connectivity index (χ4n) is 4.87. The van der Waals surface area contributed by atoms with E-state index in [-0.39, 0.29) is 29.5 Å². The van der Waals surface area contributed by atoms with Gasteiger partial charge in [-0.15, -0.1) is 0 Å². The average molecular weight is 475 g/mol. The minimum atomic E-state index is -1.30. The topological polar surface area (TPSA) is 81.6 Å². The van der Waals surface area contributed by atoms with Gasteiger partial charge in [0, 0.05) is 18.2 Å². The van der Waals surface area contributed by atoms with Crippen LogP contribution in [-0.2, 0) is 17.4 Å². The standard InChI is InChI=1S/C27H36F2N2O3/c1-26(2,3)19-8-7-9-20(15-19)27(10-5-4-6-11-27)30-17-24(32)23(31-25(33)34)14-18-12-21(28)16-22(29)13-18/h7-9,12-13,15-16,23-24,30-32H,4-6,10-11,14,17H2,1-3H3,(H,33,34). The predicted octanol–water partition coefficient (Wildman–Crippen LogP) is 5.25. The second-order valence-electron chi connectivity index (χ2n) is 10.5. The number of benzene rings is 2. The Hall–Kier alpha value is -2.51. The summed E-state index contributed by atoms with van der Waals surface area (Å²) in [6.45, 7) is 6.67. The normalized spacial score (nSPS) is 17.7. The van der Waals surface area contributed by atoms with E-state index in [2.05, 4.69) is 55.7 Å². The largest absolute Gasteiger partial charge is 0.465 e. The van der Waals surface area contributed by atoms with Crippen molar-refractivity contribution in [2.45, 2.75) is 82.4 Å². The van der Waals surface area contributed by atoms with Crippen molar-refractivity contribution < 1.29 is 23.8 Å². The summed E-state index contributed by atoms with van der Waals surface area (Å²) in [6, 6.07) is 10.7. The zero-order chi connectivity index (χ0) is 24.9. The summed E-state index contributed by atoms with van der Waals surface area (Å²) in [5.41, 5.74) is 2.36. The van der Waals surface area contributed by atoms with Gasteiger partial charge in [0.15, 0.2) is 0 Å². The van der Waals surface area contributed by atoms with E-state index in [4.69, 9.17) is 0 Å². The zero-order valence-electron chi connectivity index (χ0n) is 20.2. The van der Waals surface area contributed by atoms with Crippen LogP contribution in [0.4, 0.5) is 13.6 Å². The maximum Gasteiger partial charge on any atom is 0.404 e. The number of hydrogen-bond acceptors (Lipinski definition) is 3. The van der Waals surface area contributed by atoms with Crippen molar-refractivity contribution in [2.24, 2.45) is 0 Å². The minimum Gasteiger partial charge on any atom is -0.465 e. The summed E-state index contributed by atoms with van der Waals surface area (Å²) in [5.74, 6) is -1.48. The van der Waals surface area contributed by atoms with Crippen molar-refractivity contribution in [3.8, 4) is 0 Å². The number of halogens is 2. The Morgan fingerprint density at radius 1 is 1.06 bits per heavy atom. The van der Waals surface area contributed by atoms with Gasteiger partial charge in [0.1, 0.15) is 11.6 Å². The molecule has 0 bridgehead atoms. The van der Waals surface area contributed by atoms with Crippen molar-refractivity contribution >= 4 is 6.09 Å². The fourth-order valence-corrected chi connectivity index (χ4v) is 4.87. The van der Waals surface area contributed by atoms with Crippen LogP contribution in [0.1, 0.15) is 69.6 Å². The maximum atomic E-state index is 13.6. The van der Waals surface area contributed by atoms with Crippen LogP contribution in [0, 0.1) is 11.6 Å². The summed E-state index contributed by atoms with van der Waals surface area (Å²) in [7, 11) is 0. The lowest BCUT2D eigenvalue weighted by Gasteiger charge is -2.41. The number of hydrogen-bond donors (Lipinski definition) is 4. The van der Waals surface area contributed by atoms with Crippen LogP contribution in [0.3, 0.4) is 0 Å². The number of carboxylic acid groups (broad SMARTS) is 1. The molecule has 0 saturated heterocycles. The number of amides is 1. The Morgan fingerprint density at radius 3 is 2.29 bits per heavy atom. The van der Waals surface area contributed by atoms with Crippen molar-refractivity contribution in [3.05, 3.63) is 70.8 Å². The maximum absolute atomic E-state index is 13.6. The third-order valence-corrected chi connectivity index (χ3v) is 6.79. The van der Waals surface area contributed by atoms with Crippen molar-refractivity contribution in [1.82, 2.24) is 10.6 Å². The van der Waals surface area contributed by atoms with Gasteiger partial charge in [-0.1, -0.05) is 64.3 Å². The van der Waals surface area contributed by atoms with Crippen molar-refractivity contribution in [1.29, 1.82) is 0 Å². The lowest BCUT2D eigenvalue weighted by atomic mass is 9.74. The van der Waals surface area contributed by atoms with Gasteiger partial charge < -0.3 is 20.8 Å². The van der Waals surface area contributed by atoms with Gasteiger partial charge in [-0.25, -0.2) is 13.6 Å². The Morgan fingerprint density at radius 2 is 1.71 bits per heavy atom. The molecule has 2 aromatic carbocycles. The lowest BCUT2D eigenvalue weighted by Crippen LogP contribution is -2.53. The SMILES string of the molecule is CC(C)(C)c1cccc(C2(NCC(O)C(Cc3cc(F)cc(F)c3)NC(=O)O)CCCCC2)c1. The van der Waals surface area contributed by atoms with E-state index in [1.807, 2.05) is 0 Å². The third-order valence-electron chi connectivity index (χ3n) is 6.79.